The van der Waals surface area contributed by atoms with Gasteiger partial charge in [0.2, 0.25) is 5.91 Å². The third-order valence-electron chi connectivity index (χ3n) is 3.33. The van der Waals surface area contributed by atoms with Crippen LogP contribution in [0.15, 0.2) is 34.2 Å². The molecular weight excluding hydrogens is 324 g/mol. The largest absolute Gasteiger partial charge is 0.344 e. The zero-order valence-corrected chi connectivity index (χ0v) is 13.4. The lowest BCUT2D eigenvalue weighted by molar-refractivity contribution is -0.115. The van der Waals surface area contributed by atoms with Gasteiger partial charge < -0.3 is 5.32 Å². The van der Waals surface area contributed by atoms with Gasteiger partial charge in [-0.2, -0.15) is 0 Å². The van der Waals surface area contributed by atoms with Crippen molar-refractivity contribution < 1.29 is 4.79 Å². The number of benzene rings is 1. The Balaban J connectivity index is 1.68. The minimum atomic E-state index is -0.383. The van der Waals surface area contributed by atoms with Crippen LogP contribution in [0.4, 0.5) is 5.69 Å². The van der Waals surface area contributed by atoms with Crippen LogP contribution in [-0.4, -0.2) is 25.9 Å². The number of halogens is 1. The minimum Gasteiger partial charge on any atom is -0.325 e. The maximum Gasteiger partial charge on any atom is 0.344 e. The van der Waals surface area contributed by atoms with E-state index in [-0.39, 0.29) is 22.9 Å². The third kappa shape index (κ3) is 3.36. The second-order valence-electron chi connectivity index (χ2n) is 5.17. The summed E-state index contributed by atoms with van der Waals surface area (Å²) in [5, 5.41) is 10.00. The zero-order valence-electron chi connectivity index (χ0n) is 11.9. The van der Waals surface area contributed by atoms with E-state index >= 15 is 0 Å². The van der Waals surface area contributed by atoms with Gasteiger partial charge in [-0.3, -0.25) is 9.36 Å². The van der Waals surface area contributed by atoms with Gasteiger partial charge in [0.25, 0.3) is 0 Å². The van der Waals surface area contributed by atoms with Crippen LogP contribution in [0.25, 0.3) is 0 Å². The Bertz CT molecular complexity index is 753. The fourth-order valence-electron chi connectivity index (χ4n) is 2.05. The molecule has 0 saturated heterocycles. The SMILES string of the molecule is C[C@@H](Sc1n[nH]c(=O)n1C1CC1)C(=O)Nc1cccc(Cl)c1. The lowest BCUT2D eigenvalue weighted by Gasteiger charge is -2.12. The number of thioether (sulfide) groups is 1. The smallest absolute Gasteiger partial charge is 0.325 e. The molecule has 1 aliphatic rings. The topological polar surface area (TPSA) is 79.8 Å². The van der Waals surface area contributed by atoms with E-state index in [0.717, 1.165) is 12.8 Å². The highest BCUT2D eigenvalue weighted by Gasteiger charge is 2.30. The molecule has 3 rings (SSSR count). The van der Waals surface area contributed by atoms with Crippen molar-refractivity contribution >= 4 is 35.0 Å². The average Bonchev–Trinajstić information content (AvgIpc) is 3.24. The number of carbonyl (C=O) groups excluding carboxylic acids is 1. The van der Waals surface area contributed by atoms with E-state index in [0.29, 0.717) is 15.9 Å². The number of nitrogens with one attached hydrogen (secondary N) is 2. The highest BCUT2D eigenvalue weighted by atomic mass is 35.5. The first-order chi connectivity index (χ1) is 10.5. The van der Waals surface area contributed by atoms with Crippen molar-refractivity contribution in [2.75, 3.05) is 5.32 Å². The molecular formula is C14H15ClN4O2S. The molecule has 1 fully saturated rings. The van der Waals surface area contributed by atoms with E-state index in [9.17, 15) is 9.59 Å². The van der Waals surface area contributed by atoms with Crippen molar-refractivity contribution in [3.63, 3.8) is 0 Å². The standard InChI is InChI=1S/C14H15ClN4O2S/c1-8(12(20)16-10-4-2-3-9(15)7-10)22-14-18-17-13(21)19(14)11-5-6-11/h2-4,7-8,11H,5-6H2,1H3,(H,16,20)(H,17,21)/t8-/m1/s1. The normalized spacial score (nSPS) is 15.5. The maximum atomic E-state index is 12.2. The Kier molecular flexibility index (Phi) is 4.26. The first-order valence-electron chi connectivity index (χ1n) is 6.94. The first-order valence-corrected chi connectivity index (χ1v) is 8.20. The van der Waals surface area contributed by atoms with Crippen LogP contribution in [0.2, 0.25) is 5.02 Å². The molecule has 2 N–H and O–H groups in total. The highest BCUT2D eigenvalue weighted by molar-refractivity contribution is 8.00. The van der Waals surface area contributed by atoms with Crippen molar-refractivity contribution in [2.45, 2.75) is 36.2 Å². The second kappa shape index (κ2) is 6.18. The molecule has 1 aromatic heterocycles. The lowest BCUT2D eigenvalue weighted by Crippen LogP contribution is -2.23. The van der Waals surface area contributed by atoms with Gasteiger partial charge in [0.05, 0.1) is 5.25 Å². The fraction of sp³-hybridized carbons (Fsp3) is 0.357. The third-order valence-corrected chi connectivity index (χ3v) is 4.63. The highest BCUT2D eigenvalue weighted by Crippen LogP contribution is 2.36. The molecule has 1 heterocycles. The van der Waals surface area contributed by atoms with Crippen LogP contribution in [0, 0.1) is 0 Å². The monoisotopic (exact) mass is 338 g/mol. The van der Waals surface area contributed by atoms with E-state index in [2.05, 4.69) is 15.5 Å². The molecule has 1 amide bonds. The number of carbonyl (C=O) groups is 1. The van der Waals surface area contributed by atoms with E-state index in [1.165, 1.54) is 11.8 Å². The van der Waals surface area contributed by atoms with Gasteiger partial charge in [-0.15, -0.1) is 5.10 Å². The molecule has 1 atom stereocenters. The molecule has 0 bridgehead atoms. The average molecular weight is 339 g/mol. The summed E-state index contributed by atoms with van der Waals surface area (Å²) in [5.74, 6) is -0.162. The van der Waals surface area contributed by atoms with Crippen LogP contribution in [0.3, 0.4) is 0 Å². The van der Waals surface area contributed by atoms with E-state index in [1.54, 1.807) is 35.8 Å². The van der Waals surface area contributed by atoms with Gasteiger partial charge in [0.1, 0.15) is 0 Å². The Morgan fingerprint density at radius 3 is 3.00 bits per heavy atom. The molecule has 1 aliphatic carbocycles. The van der Waals surface area contributed by atoms with E-state index in [4.69, 9.17) is 11.6 Å². The molecule has 0 unspecified atom stereocenters. The Hall–Kier alpha value is -1.73. The molecule has 0 spiro atoms. The fourth-order valence-corrected chi connectivity index (χ4v) is 3.17. The predicted octanol–water partition coefficient (Wildman–Crippen LogP) is 2.68. The number of aromatic nitrogens is 3. The molecule has 1 aromatic carbocycles. The van der Waals surface area contributed by atoms with E-state index < -0.39 is 0 Å². The Morgan fingerprint density at radius 2 is 2.32 bits per heavy atom. The molecule has 2 aromatic rings. The zero-order chi connectivity index (χ0) is 15.7. The van der Waals surface area contributed by atoms with Crippen molar-refractivity contribution in [2.24, 2.45) is 0 Å². The summed E-state index contributed by atoms with van der Waals surface area (Å²) in [7, 11) is 0. The Labute approximate surface area is 136 Å². The number of H-pyrrole nitrogens is 1. The van der Waals surface area contributed by atoms with Crippen LogP contribution in [-0.2, 0) is 4.79 Å². The van der Waals surface area contributed by atoms with Crippen LogP contribution < -0.4 is 11.0 Å². The predicted molar refractivity (Wildman–Crippen MR) is 86.5 cm³/mol. The van der Waals surface area contributed by atoms with Crippen molar-refractivity contribution in [1.29, 1.82) is 0 Å². The molecule has 22 heavy (non-hydrogen) atoms. The molecule has 0 radical (unpaired) electrons. The van der Waals surface area contributed by atoms with E-state index in [1.807, 2.05) is 0 Å². The second-order valence-corrected chi connectivity index (χ2v) is 6.92. The Morgan fingerprint density at radius 1 is 1.55 bits per heavy atom. The molecule has 8 heteroatoms. The number of hydrogen-bond acceptors (Lipinski definition) is 4. The summed E-state index contributed by atoms with van der Waals surface area (Å²) in [4.78, 5) is 23.9. The molecule has 116 valence electrons. The number of anilines is 1. The van der Waals surface area contributed by atoms with Gasteiger partial charge >= 0.3 is 5.69 Å². The number of aromatic amines is 1. The van der Waals surface area contributed by atoms with Crippen LogP contribution >= 0.6 is 23.4 Å². The number of rotatable bonds is 5. The maximum absolute atomic E-state index is 12.2. The molecule has 6 nitrogen and oxygen atoms in total. The summed E-state index contributed by atoms with van der Waals surface area (Å²) in [5.41, 5.74) is 0.430. The lowest BCUT2D eigenvalue weighted by atomic mass is 10.3. The quantitative estimate of drug-likeness (QED) is 0.821. The molecule has 1 saturated carbocycles. The summed E-state index contributed by atoms with van der Waals surface area (Å²) in [6.07, 6.45) is 1.96. The first kappa shape index (κ1) is 15.2. The number of amides is 1. The summed E-state index contributed by atoms with van der Waals surface area (Å²) in [6.45, 7) is 1.78. The number of nitrogens with zero attached hydrogens (tertiary/aromatic N) is 2. The molecule has 0 aliphatic heterocycles. The summed E-state index contributed by atoms with van der Waals surface area (Å²) in [6, 6.07) is 7.19. The van der Waals surface area contributed by atoms with Crippen molar-refractivity contribution in [1.82, 2.24) is 14.8 Å². The minimum absolute atomic E-state index is 0.162. The van der Waals surface area contributed by atoms with Crippen LogP contribution in [0.1, 0.15) is 25.8 Å². The number of hydrogen-bond donors (Lipinski definition) is 2. The summed E-state index contributed by atoms with van der Waals surface area (Å²) < 4.78 is 1.63. The van der Waals surface area contributed by atoms with Crippen molar-refractivity contribution in [3.8, 4) is 0 Å². The van der Waals surface area contributed by atoms with Gasteiger partial charge in [0.15, 0.2) is 5.16 Å². The summed E-state index contributed by atoms with van der Waals surface area (Å²) >= 11 is 7.16. The van der Waals surface area contributed by atoms with Gasteiger partial charge in [-0.25, -0.2) is 9.89 Å². The van der Waals surface area contributed by atoms with Gasteiger partial charge in [-0.05, 0) is 38.0 Å². The van der Waals surface area contributed by atoms with Gasteiger partial charge in [0, 0.05) is 16.8 Å². The van der Waals surface area contributed by atoms with Crippen molar-refractivity contribution in [3.05, 3.63) is 39.8 Å². The van der Waals surface area contributed by atoms with Gasteiger partial charge in [-0.1, -0.05) is 29.4 Å². The van der Waals surface area contributed by atoms with Crippen LogP contribution in [0.5, 0.6) is 0 Å².